The fraction of sp³-hybridized carbons (Fsp3) is 0.692. The van der Waals surface area contributed by atoms with Gasteiger partial charge in [0, 0.05) is 38.6 Å². The Morgan fingerprint density at radius 2 is 1.82 bits per heavy atom. The molecule has 0 bridgehead atoms. The SMILES string of the molecule is NC1CC2(CCN(CC3CCN(c4ccc(CNC5CCC(=O)NC5=O)cc4F)CC3)CC2)C1. The summed E-state index contributed by atoms with van der Waals surface area (Å²) < 4.78 is 14.9. The minimum Gasteiger partial charge on any atom is -0.369 e. The van der Waals surface area contributed by atoms with E-state index in [0.717, 1.165) is 31.5 Å². The number of nitrogens with one attached hydrogen (secondary N) is 2. The standard InChI is InChI=1S/C26H38FN5O2/c27-21-13-19(16-29-22-2-4-24(33)30-25(22)34)1-3-23(21)32-9-5-18(6-10-32)17-31-11-7-26(8-12-31)14-20(28)15-26/h1,3,13,18,20,22,29H,2,4-12,14-17,28H2,(H,30,33,34). The van der Waals surface area contributed by atoms with Gasteiger partial charge in [0.05, 0.1) is 11.7 Å². The van der Waals surface area contributed by atoms with E-state index in [1.54, 1.807) is 6.07 Å². The zero-order chi connectivity index (χ0) is 23.7. The number of rotatable bonds is 6. The molecule has 1 atom stereocenters. The van der Waals surface area contributed by atoms with E-state index in [9.17, 15) is 14.0 Å². The van der Waals surface area contributed by atoms with Crippen molar-refractivity contribution in [1.82, 2.24) is 15.5 Å². The maximum Gasteiger partial charge on any atom is 0.243 e. The minimum absolute atomic E-state index is 0.207. The smallest absolute Gasteiger partial charge is 0.243 e. The summed E-state index contributed by atoms with van der Waals surface area (Å²) in [5.74, 6) is -0.0482. The van der Waals surface area contributed by atoms with Gasteiger partial charge in [0.25, 0.3) is 0 Å². The largest absolute Gasteiger partial charge is 0.369 e. The van der Waals surface area contributed by atoms with E-state index in [1.807, 2.05) is 12.1 Å². The second-order valence-electron chi connectivity index (χ2n) is 11.1. The van der Waals surface area contributed by atoms with Gasteiger partial charge < -0.3 is 20.9 Å². The maximum absolute atomic E-state index is 14.9. The molecule has 0 radical (unpaired) electrons. The molecule has 1 saturated carbocycles. The highest BCUT2D eigenvalue weighted by Gasteiger charge is 2.44. The zero-order valence-corrected chi connectivity index (χ0v) is 20.0. The molecular formula is C26H38FN5O2. The molecule has 7 nitrogen and oxygen atoms in total. The Hall–Kier alpha value is -2.03. The molecule has 1 aliphatic carbocycles. The Bertz CT molecular complexity index is 900. The van der Waals surface area contributed by atoms with Crippen molar-refractivity contribution in [3.63, 3.8) is 0 Å². The van der Waals surface area contributed by atoms with Crippen molar-refractivity contribution in [2.45, 2.75) is 70.0 Å². The number of hydrogen-bond acceptors (Lipinski definition) is 6. The fourth-order valence-corrected chi connectivity index (χ4v) is 6.44. The average molecular weight is 472 g/mol. The lowest BCUT2D eigenvalue weighted by Crippen LogP contribution is -2.52. The first-order valence-electron chi connectivity index (χ1n) is 13.0. The second-order valence-corrected chi connectivity index (χ2v) is 11.1. The first-order chi connectivity index (χ1) is 16.4. The molecule has 3 aliphatic heterocycles. The number of imide groups is 1. The zero-order valence-electron chi connectivity index (χ0n) is 20.0. The lowest BCUT2D eigenvalue weighted by Gasteiger charge is -2.51. The molecule has 2 amide bonds. The number of halogens is 1. The van der Waals surface area contributed by atoms with E-state index in [-0.39, 0.29) is 17.6 Å². The summed E-state index contributed by atoms with van der Waals surface area (Å²) in [5.41, 5.74) is 8.06. The molecule has 3 saturated heterocycles. The lowest BCUT2D eigenvalue weighted by molar-refractivity contribution is -0.134. The quantitative estimate of drug-likeness (QED) is 0.551. The topological polar surface area (TPSA) is 90.7 Å². The monoisotopic (exact) mass is 471 g/mol. The van der Waals surface area contributed by atoms with E-state index in [4.69, 9.17) is 5.73 Å². The molecule has 3 heterocycles. The van der Waals surface area contributed by atoms with Crippen LogP contribution < -0.4 is 21.3 Å². The van der Waals surface area contributed by atoms with Gasteiger partial charge in [-0.2, -0.15) is 0 Å². The number of benzene rings is 1. The third kappa shape index (κ3) is 5.29. The van der Waals surface area contributed by atoms with Gasteiger partial charge in [-0.25, -0.2) is 4.39 Å². The van der Waals surface area contributed by atoms with Gasteiger partial charge in [-0.15, -0.1) is 0 Å². The number of nitrogens with two attached hydrogens (primary N) is 1. The first kappa shape index (κ1) is 23.7. The summed E-state index contributed by atoms with van der Waals surface area (Å²) in [4.78, 5) is 28.0. The van der Waals surface area contributed by atoms with Gasteiger partial charge in [0.1, 0.15) is 5.82 Å². The van der Waals surface area contributed by atoms with Crippen molar-refractivity contribution in [3.8, 4) is 0 Å². The Kier molecular flexibility index (Phi) is 6.91. The third-order valence-corrected chi connectivity index (χ3v) is 8.58. The maximum atomic E-state index is 14.9. The van der Waals surface area contributed by atoms with Gasteiger partial charge in [0.15, 0.2) is 0 Å². The van der Waals surface area contributed by atoms with Crippen molar-refractivity contribution in [1.29, 1.82) is 0 Å². The van der Waals surface area contributed by atoms with Gasteiger partial charge in [0.2, 0.25) is 11.8 Å². The van der Waals surface area contributed by atoms with E-state index < -0.39 is 6.04 Å². The fourth-order valence-electron chi connectivity index (χ4n) is 6.44. The predicted octanol–water partition coefficient (Wildman–Crippen LogP) is 2.14. The Labute approximate surface area is 201 Å². The number of carbonyl (C=O) groups is 2. The molecule has 186 valence electrons. The van der Waals surface area contributed by atoms with Crippen LogP contribution in [0.1, 0.15) is 56.9 Å². The van der Waals surface area contributed by atoms with E-state index >= 15 is 0 Å². The van der Waals surface area contributed by atoms with Crippen molar-refractivity contribution in [2.24, 2.45) is 17.1 Å². The molecule has 0 aromatic heterocycles. The molecule has 34 heavy (non-hydrogen) atoms. The van der Waals surface area contributed by atoms with Crippen LogP contribution >= 0.6 is 0 Å². The Morgan fingerprint density at radius 1 is 1.09 bits per heavy atom. The molecule has 8 heteroatoms. The van der Waals surface area contributed by atoms with Crippen LogP contribution in [0, 0.1) is 17.2 Å². The highest BCUT2D eigenvalue weighted by Crippen LogP contribution is 2.48. The van der Waals surface area contributed by atoms with Crippen LogP contribution in [0.15, 0.2) is 18.2 Å². The summed E-state index contributed by atoms with van der Waals surface area (Å²) in [7, 11) is 0. The molecule has 1 aromatic rings. The van der Waals surface area contributed by atoms with Crippen molar-refractivity contribution in [3.05, 3.63) is 29.6 Å². The number of hydrogen-bond donors (Lipinski definition) is 3. The highest BCUT2D eigenvalue weighted by atomic mass is 19.1. The van der Waals surface area contributed by atoms with Crippen molar-refractivity contribution >= 4 is 17.5 Å². The van der Waals surface area contributed by atoms with Crippen LogP contribution in [0.2, 0.25) is 0 Å². The molecule has 1 aromatic carbocycles. The van der Waals surface area contributed by atoms with Crippen LogP contribution in [0.25, 0.3) is 0 Å². The highest BCUT2D eigenvalue weighted by molar-refractivity contribution is 6.00. The van der Waals surface area contributed by atoms with E-state index in [2.05, 4.69) is 20.4 Å². The predicted molar refractivity (Wildman–Crippen MR) is 130 cm³/mol. The van der Waals surface area contributed by atoms with Crippen LogP contribution in [-0.4, -0.2) is 61.5 Å². The third-order valence-electron chi connectivity index (χ3n) is 8.58. The van der Waals surface area contributed by atoms with Crippen LogP contribution in [0.4, 0.5) is 10.1 Å². The van der Waals surface area contributed by atoms with Gasteiger partial charge in [-0.05, 0) is 87.1 Å². The number of piperidine rings is 3. The Morgan fingerprint density at radius 3 is 2.47 bits per heavy atom. The van der Waals surface area contributed by atoms with Crippen LogP contribution in [0.3, 0.4) is 0 Å². The summed E-state index contributed by atoms with van der Waals surface area (Å²) >= 11 is 0. The van der Waals surface area contributed by atoms with Gasteiger partial charge in [-0.3, -0.25) is 14.9 Å². The summed E-state index contributed by atoms with van der Waals surface area (Å²) in [6, 6.07) is 5.39. The molecule has 4 aliphatic rings. The average Bonchev–Trinajstić information content (AvgIpc) is 2.80. The first-order valence-corrected chi connectivity index (χ1v) is 13.0. The normalized spacial score (nSPS) is 26.5. The number of likely N-dealkylation sites (tertiary alicyclic amines) is 1. The van der Waals surface area contributed by atoms with Crippen molar-refractivity contribution in [2.75, 3.05) is 37.6 Å². The molecule has 5 rings (SSSR count). The summed E-state index contributed by atoms with van der Waals surface area (Å²) in [6.45, 7) is 5.76. The van der Waals surface area contributed by atoms with E-state index in [0.29, 0.717) is 42.4 Å². The summed E-state index contributed by atoms with van der Waals surface area (Å²) in [6.07, 6.45) is 8.06. The Balaban J connectivity index is 1.06. The van der Waals surface area contributed by atoms with Gasteiger partial charge >= 0.3 is 0 Å². The van der Waals surface area contributed by atoms with E-state index in [1.165, 1.54) is 45.3 Å². The van der Waals surface area contributed by atoms with Crippen molar-refractivity contribution < 1.29 is 14.0 Å². The number of nitrogens with zero attached hydrogens (tertiary/aromatic N) is 2. The summed E-state index contributed by atoms with van der Waals surface area (Å²) in [5, 5.41) is 5.48. The number of carbonyl (C=O) groups excluding carboxylic acids is 2. The van der Waals surface area contributed by atoms with Gasteiger partial charge in [-0.1, -0.05) is 6.07 Å². The second kappa shape index (κ2) is 9.91. The van der Waals surface area contributed by atoms with Crippen LogP contribution in [-0.2, 0) is 16.1 Å². The lowest BCUT2D eigenvalue weighted by atomic mass is 9.60. The molecule has 1 unspecified atom stereocenters. The minimum atomic E-state index is -0.406. The molecular weight excluding hydrogens is 433 g/mol. The number of anilines is 1. The molecule has 4 N–H and O–H groups in total. The molecule has 4 fully saturated rings. The number of amides is 2. The molecule has 1 spiro atoms. The van der Waals surface area contributed by atoms with Crippen LogP contribution in [0.5, 0.6) is 0 Å².